The zero-order valence-electron chi connectivity index (χ0n) is 17.5. The molecule has 0 saturated heterocycles. The summed E-state index contributed by atoms with van der Waals surface area (Å²) >= 11 is 1.76. The Labute approximate surface area is 180 Å². The van der Waals surface area contributed by atoms with Gasteiger partial charge in [-0.3, -0.25) is 4.79 Å². The van der Waals surface area contributed by atoms with Crippen molar-refractivity contribution in [1.82, 2.24) is 25.1 Å². The van der Waals surface area contributed by atoms with Gasteiger partial charge in [0.2, 0.25) is 0 Å². The third-order valence-electron chi connectivity index (χ3n) is 4.58. The predicted molar refractivity (Wildman–Crippen MR) is 118 cm³/mol. The zero-order valence-corrected chi connectivity index (χ0v) is 18.3. The van der Waals surface area contributed by atoms with Crippen LogP contribution in [0.15, 0.2) is 36.7 Å². The van der Waals surface area contributed by atoms with Gasteiger partial charge in [-0.05, 0) is 49.6 Å². The molecular weight excluding hydrogens is 402 g/mol. The van der Waals surface area contributed by atoms with Crippen LogP contribution < -0.4 is 14.8 Å². The Balaban J connectivity index is 1.89. The average molecular weight is 428 g/mol. The number of hydrogen-bond acceptors (Lipinski definition) is 7. The van der Waals surface area contributed by atoms with Crippen molar-refractivity contribution in [2.24, 2.45) is 0 Å². The van der Waals surface area contributed by atoms with Crippen molar-refractivity contribution in [2.45, 2.75) is 13.3 Å². The number of hydrogen-bond donors (Lipinski definition) is 1. The first-order chi connectivity index (χ1) is 14.6. The van der Waals surface area contributed by atoms with E-state index in [0.29, 0.717) is 40.9 Å². The maximum absolute atomic E-state index is 12.5. The third kappa shape index (κ3) is 4.73. The molecule has 0 spiro atoms. The zero-order chi connectivity index (χ0) is 21.5. The van der Waals surface area contributed by atoms with Crippen LogP contribution in [0.5, 0.6) is 11.5 Å². The summed E-state index contributed by atoms with van der Waals surface area (Å²) in [6.07, 6.45) is 6.17. The number of carbonyl (C=O) groups is 1. The van der Waals surface area contributed by atoms with Crippen molar-refractivity contribution in [1.29, 1.82) is 0 Å². The molecule has 1 amide bonds. The van der Waals surface area contributed by atoms with Gasteiger partial charge in [0.1, 0.15) is 11.5 Å². The van der Waals surface area contributed by atoms with Crippen molar-refractivity contribution in [3.05, 3.63) is 47.9 Å². The van der Waals surface area contributed by atoms with E-state index in [9.17, 15) is 4.79 Å². The minimum atomic E-state index is -0.148. The lowest BCUT2D eigenvalue weighted by Gasteiger charge is -2.11. The quantitative estimate of drug-likeness (QED) is 0.525. The van der Waals surface area contributed by atoms with E-state index in [2.05, 4.69) is 20.4 Å². The van der Waals surface area contributed by atoms with Gasteiger partial charge in [0.15, 0.2) is 0 Å². The van der Waals surface area contributed by atoms with E-state index in [-0.39, 0.29) is 5.91 Å². The van der Waals surface area contributed by atoms with Crippen molar-refractivity contribution in [2.75, 3.05) is 32.8 Å². The summed E-state index contributed by atoms with van der Waals surface area (Å²) in [6, 6.07) is 7.30. The van der Waals surface area contributed by atoms with Crippen LogP contribution in [-0.4, -0.2) is 58.4 Å². The minimum absolute atomic E-state index is 0.148. The van der Waals surface area contributed by atoms with Crippen LogP contribution in [0.1, 0.15) is 22.5 Å². The summed E-state index contributed by atoms with van der Waals surface area (Å²) in [4.78, 5) is 21.4. The number of nitrogens with zero attached hydrogens (tertiary/aromatic N) is 4. The number of aromatic nitrogens is 4. The molecule has 0 fully saturated rings. The molecule has 0 bridgehead atoms. The number of ether oxygens (including phenoxy) is 2. The second kappa shape index (κ2) is 10.1. The van der Waals surface area contributed by atoms with E-state index in [1.165, 1.54) is 0 Å². The Bertz CT molecular complexity index is 1020. The third-order valence-corrected chi connectivity index (χ3v) is 5.28. The number of nitrogens with one attached hydrogen (secondary N) is 1. The van der Waals surface area contributed by atoms with Gasteiger partial charge in [0.25, 0.3) is 11.9 Å². The number of carbonyl (C=O) groups excluding carboxylic acids is 1. The fourth-order valence-electron chi connectivity index (χ4n) is 2.96. The Morgan fingerprint density at radius 3 is 2.80 bits per heavy atom. The van der Waals surface area contributed by atoms with E-state index in [1.807, 2.05) is 31.4 Å². The summed E-state index contributed by atoms with van der Waals surface area (Å²) in [5.41, 5.74) is 2.62. The van der Waals surface area contributed by atoms with Crippen LogP contribution in [0.25, 0.3) is 17.2 Å². The van der Waals surface area contributed by atoms with Crippen molar-refractivity contribution in [3.63, 3.8) is 0 Å². The summed E-state index contributed by atoms with van der Waals surface area (Å²) in [5.74, 6) is 2.60. The maximum atomic E-state index is 12.5. The lowest BCUT2D eigenvalue weighted by Crippen LogP contribution is -2.25. The number of thioether (sulfide) groups is 1. The molecule has 8 nitrogen and oxygen atoms in total. The van der Waals surface area contributed by atoms with E-state index < -0.39 is 0 Å². The van der Waals surface area contributed by atoms with Crippen LogP contribution >= 0.6 is 11.8 Å². The Kier molecular flexibility index (Phi) is 7.29. The van der Waals surface area contributed by atoms with E-state index in [0.717, 1.165) is 17.7 Å². The summed E-state index contributed by atoms with van der Waals surface area (Å²) in [7, 11) is 3.22. The Hall–Kier alpha value is -3.07. The van der Waals surface area contributed by atoms with Crippen molar-refractivity contribution >= 4 is 17.7 Å². The lowest BCUT2D eigenvalue weighted by atomic mass is 10.1. The van der Waals surface area contributed by atoms with E-state index in [1.54, 1.807) is 49.1 Å². The number of methoxy groups -OCH3 is 2. The SMILES string of the molecule is COc1ccc(OC)c(-c2ccnc(-n3ncc(C(=O)NCCCSC)c3C)n2)c1. The van der Waals surface area contributed by atoms with Crippen LogP contribution in [0, 0.1) is 6.92 Å². The number of rotatable bonds is 9. The van der Waals surface area contributed by atoms with Crippen LogP contribution in [0.3, 0.4) is 0 Å². The molecule has 3 aromatic rings. The van der Waals surface area contributed by atoms with E-state index in [4.69, 9.17) is 9.47 Å². The lowest BCUT2D eigenvalue weighted by molar-refractivity contribution is 0.0953. The Morgan fingerprint density at radius 2 is 2.07 bits per heavy atom. The molecule has 0 unspecified atom stereocenters. The molecule has 0 aliphatic rings. The fourth-order valence-corrected chi connectivity index (χ4v) is 3.40. The van der Waals surface area contributed by atoms with Gasteiger partial charge < -0.3 is 14.8 Å². The Morgan fingerprint density at radius 1 is 1.23 bits per heavy atom. The summed E-state index contributed by atoms with van der Waals surface area (Å²) < 4.78 is 12.4. The minimum Gasteiger partial charge on any atom is -0.497 e. The number of benzene rings is 1. The second-order valence-electron chi connectivity index (χ2n) is 6.47. The highest BCUT2D eigenvalue weighted by atomic mass is 32.2. The second-order valence-corrected chi connectivity index (χ2v) is 7.45. The summed E-state index contributed by atoms with van der Waals surface area (Å²) in [5, 5.41) is 7.26. The average Bonchev–Trinajstić information content (AvgIpc) is 3.17. The fraction of sp³-hybridized carbons (Fsp3) is 0.333. The summed E-state index contributed by atoms with van der Waals surface area (Å²) in [6.45, 7) is 2.46. The van der Waals surface area contributed by atoms with Gasteiger partial charge in [-0.25, -0.2) is 14.6 Å². The molecule has 30 heavy (non-hydrogen) atoms. The van der Waals surface area contributed by atoms with E-state index >= 15 is 0 Å². The largest absolute Gasteiger partial charge is 0.497 e. The predicted octanol–water partition coefficient (Wildman–Crippen LogP) is 3.14. The normalized spacial score (nSPS) is 10.7. The molecule has 2 heterocycles. The molecule has 0 saturated carbocycles. The van der Waals surface area contributed by atoms with Gasteiger partial charge in [0, 0.05) is 18.3 Å². The first-order valence-corrected chi connectivity index (χ1v) is 10.9. The highest BCUT2D eigenvalue weighted by Crippen LogP contribution is 2.32. The highest BCUT2D eigenvalue weighted by Gasteiger charge is 2.17. The van der Waals surface area contributed by atoms with Gasteiger partial charge >= 0.3 is 0 Å². The molecule has 0 aliphatic carbocycles. The van der Waals surface area contributed by atoms with Crippen LogP contribution in [0.4, 0.5) is 0 Å². The van der Waals surface area contributed by atoms with Gasteiger partial charge in [0.05, 0.1) is 37.4 Å². The van der Waals surface area contributed by atoms with Gasteiger partial charge in [-0.15, -0.1) is 0 Å². The molecule has 3 rings (SSSR count). The number of amides is 1. The molecule has 1 N–H and O–H groups in total. The molecule has 9 heteroatoms. The monoisotopic (exact) mass is 427 g/mol. The molecule has 0 radical (unpaired) electrons. The van der Waals surface area contributed by atoms with Crippen molar-refractivity contribution in [3.8, 4) is 28.7 Å². The molecular formula is C21H25N5O3S. The molecule has 1 aromatic carbocycles. The molecule has 2 aromatic heterocycles. The van der Waals surface area contributed by atoms with Gasteiger partial charge in [-0.1, -0.05) is 0 Å². The van der Waals surface area contributed by atoms with Crippen molar-refractivity contribution < 1.29 is 14.3 Å². The maximum Gasteiger partial charge on any atom is 0.254 e. The smallest absolute Gasteiger partial charge is 0.254 e. The topological polar surface area (TPSA) is 91.2 Å². The molecule has 0 atom stereocenters. The standard InChI is InChI=1S/C21H25N5O3S/c1-14-17(20(27)22-9-5-11-30-4)13-24-26(14)21-23-10-8-18(25-21)16-12-15(28-2)6-7-19(16)29-3/h6-8,10,12-13H,5,9,11H2,1-4H3,(H,22,27). The molecule has 0 aliphatic heterocycles. The first kappa shape index (κ1) is 21.6. The van der Waals surface area contributed by atoms with Gasteiger partial charge in [-0.2, -0.15) is 16.9 Å². The first-order valence-electron chi connectivity index (χ1n) is 9.46. The van der Waals surface area contributed by atoms with Crippen LogP contribution in [-0.2, 0) is 0 Å². The molecule has 158 valence electrons. The highest BCUT2D eigenvalue weighted by molar-refractivity contribution is 7.98. The van der Waals surface area contributed by atoms with Crippen LogP contribution in [0.2, 0.25) is 0 Å².